The SMILES string of the molecule is CCN(CC)c1ccc(/C=C(/C#N)c2nc3ccc(F)cc3[nH]2)cc1. The van der Waals surface area contributed by atoms with Crippen LogP contribution >= 0.6 is 0 Å². The van der Waals surface area contributed by atoms with Gasteiger partial charge >= 0.3 is 0 Å². The van der Waals surface area contributed by atoms with E-state index in [0.29, 0.717) is 22.4 Å². The van der Waals surface area contributed by atoms with Gasteiger partial charge in [0.2, 0.25) is 0 Å². The second-order valence-corrected chi connectivity index (χ2v) is 5.68. The quantitative estimate of drug-likeness (QED) is 0.693. The van der Waals surface area contributed by atoms with Crippen LogP contribution in [-0.2, 0) is 0 Å². The summed E-state index contributed by atoms with van der Waals surface area (Å²) in [5, 5.41) is 9.48. The number of allylic oxidation sites excluding steroid dienone is 1. The van der Waals surface area contributed by atoms with Gasteiger partial charge in [0, 0.05) is 18.8 Å². The van der Waals surface area contributed by atoms with E-state index in [0.717, 1.165) is 24.3 Å². The highest BCUT2D eigenvalue weighted by Gasteiger charge is 2.09. The first-order chi connectivity index (χ1) is 12.1. The summed E-state index contributed by atoms with van der Waals surface area (Å²) in [5.41, 5.74) is 3.69. The minimum Gasteiger partial charge on any atom is -0.372 e. The Hall–Kier alpha value is -3.13. The van der Waals surface area contributed by atoms with E-state index in [4.69, 9.17) is 0 Å². The molecule has 0 spiro atoms. The van der Waals surface area contributed by atoms with Gasteiger partial charge in [0.25, 0.3) is 0 Å². The van der Waals surface area contributed by atoms with Crippen LogP contribution in [-0.4, -0.2) is 23.1 Å². The highest BCUT2D eigenvalue weighted by atomic mass is 19.1. The lowest BCUT2D eigenvalue weighted by molar-refractivity contribution is 0.629. The van der Waals surface area contributed by atoms with Crippen LogP contribution in [0.25, 0.3) is 22.7 Å². The molecule has 0 atom stereocenters. The first-order valence-electron chi connectivity index (χ1n) is 8.27. The van der Waals surface area contributed by atoms with Crippen molar-refractivity contribution in [3.05, 3.63) is 59.7 Å². The first-order valence-corrected chi connectivity index (χ1v) is 8.27. The fourth-order valence-corrected chi connectivity index (χ4v) is 2.80. The molecule has 0 aliphatic rings. The van der Waals surface area contributed by atoms with Crippen LogP contribution in [0.5, 0.6) is 0 Å². The molecule has 0 aliphatic heterocycles. The number of nitriles is 1. The number of aromatic nitrogens is 2. The summed E-state index contributed by atoms with van der Waals surface area (Å²) in [5.74, 6) is 0.105. The lowest BCUT2D eigenvalue weighted by Crippen LogP contribution is -2.21. The third-order valence-corrected chi connectivity index (χ3v) is 4.15. The lowest BCUT2D eigenvalue weighted by Gasteiger charge is -2.20. The van der Waals surface area contributed by atoms with Crippen molar-refractivity contribution in [2.75, 3.05) is 18.0 Å². The molecule has 5 heteroatoms. The van der Waals surface area contributed by atoms with Gasteiger partial charge in [-0.2, -0.15) is 5.26 Å². The Morgan fingerprint density at radius 3 is 2.56 bits per heavy atom. The number of anilines is 1. The van der Waals surface area contributed by atoms with Crippen LogP contribution in [0.1, 0.15) is 25.2 Å². The second-order valence-electron chi connectivity index (χ2n) is 5.68. The third kappa shape index (κ3) is 3.53. The Kier molecular flexibility index (Phi) is 4.80. The average molecular weight is 334 g/mol. The lowest BCUT2D eigenvalue weighted by atomic mass is 10.1. The zero-order chi connectivity index (χ0) is 17.8. The molecule has 0 amide bonds. The summed E-state index contributed by atoms with van der Waals surface area (Å²) in [7, 11) is 0. The second kappa shape index (κ2) is 7.18. The molecule has 0 saturated heterocycles. The molecular formula is C20H19FN4. The smallest absolute Gasteiger partial charge is 0.149 e. The number of nitrogens with one attached hydrogen (secondary N) is 1. The normalized spacial score (nSPS) is 11.5. The summed E-state index contributed by atoms with van der Waals surface area (Å²) in [4.78, 5) is 9.63. The summed E-state index contributed by atoms with van der Waals surface area (Å²) in [6, 6.07) is 14.5. The minimum absolute atomic E-state index is 0.336. The van der Waals surface area contributed by atoms with Gasteiger partial charge in [-0.1, -0.05) is 12.1 Å². The zero-order valence-corrected chi connectivity index (χ0v) is 14.3. The topological polar surface area (TPSA) is 55.7 Å². The van der Waals surface area contributed by atoms with Crippen molar-refractivity contribution in [1.82, 2.24) is 9.97 Å². The van der Waals surface area contributed by atoms with Gasteiger partial charge in [0.05, 0.1) is 16.6 Å². The Balaban J connectivity index is 1.92. The van der Waals surface area contributed by atoms with Crippen molar-refractivity contribution in [1.29, 1.82) is 5.26 Å². The van der Waals surface area contributed by atoms with Crippen molar-refractivity contribution in [2.45, 2.75) is 13.8 Å². The van der Waals surface area contributed by atoms with Crippen LogP contribution < -0.4 is 4.90 Å². The third-order valence-electron chi connectivity index (χ3n) is 4.15. The summed E-state index contributed by atoms with van der Waals surface area (Å²) < 4.78 is 13.3. The molecule has 0 radical (unpaired) electrons. The molecule has 0 saturated carbocycles. The van der Waals surface area contributed by atoms with Crippen LogP contribution in [0, 0.1) is 17.1 Å². The number of aromatic amines is 1. The predicted molar refractivity (Wildman–Crippen MR) is 99.5 cm³/mol. The van der Waals surface area contributed by atoms with Crippen LogP contribution in [0.15, 0.2) is 42.5 Å². The summed E-state index contributed by atoms with van der Waals surface area (Å²) in [6.45, 7) is 6.14. The molecule has 25 heavy (non-hydrogen) atoms. The number of benzene rings is 2. The fraction of sp³-hybridized carbons (Fsp3) is 0.200. The van der Waals surface area contributed by atoms with E-state index in [-0.39, 0.29) is 5.82 Å². The van der Waals surface area contributed by atoms with Crippen LogP contribution in [0.2, 0.25) is 0 Å². The Morgan fingerprint density at radius 1 is 1.20 bits per heavy atom. The van der Waals surface area contributed by atoms with Gasteiger partial charge < -0.3 is 9.88 Å². The first kappa shape index (κ1) is 16.7. The van der Waals surface area contributed by atoms with Gasteiger partial charge in [0.1, 0.15) is 17.7 Å². The van der Waals surface area contributed by atoms with Gasteiger partial charge in [-0.15, -0.1) is 0 Å². The van der Waals surface area contributed by atoms with Gasteiger partial charge in [-0.3, -0.25) is 0 Å². The monoisotopic (exact) mass is 334 g/mol. The van der Waals surface area contributed by atoms with Crippen LogP contribution in [0.3, 0.4) is 0 Å². The number of hydrogen-bond acceptors (Lipinski definition) is 3. The molecule has 3 rings (SSSR count). The van der Waals surface area contributed by atoms with Crippen molar-refractivity contribution in [3.63, 3.8) is 0 Å². The molecule has 2 aromatic carbocycles. The van der Waals surface area contributed by atoms with Crippen molar-refractivity contribution >= 4 is 28.4 Å². The number of halogens is 1. The maximum absolute atomic E-state index is 13.3. The highest BCUT2D eigenvalue weighted by Crippen LogP contribution is 2.21. The summed E-state index contributed by atoms with van der Waals surface area (Å²) in [6.07, 6.45) is 1.78. The number of hydrogen-bond donors (Lipinski definition) is 1. The standard InChI is InChI=1S/C20H19FN4/c1-3-25(4-2)17-8-5-14(6-9-17)11-15(13-22)20-23-18-10-7-16(21)12-19(18)24-20/h5-12H,3-4H2,1-2H3,(H,23,24)/b15-11-. The number of nitrogens with zero attached hydrogens (tertiary/aromatic N) is 3. The van der Waals surface area contributed by atoms with E-state index in [2.05, 4.69) is 34.8 Å². The molecule has 0 fully saturated rings. The highest BCUT2D eigenvalue weighted by molar-refractivity contribution is 5.90. The van der Waals surface area contributed by atoms with Crippen molar-refractivity contribution in [2.24, 2.45) is 0 Å². The molecule has 4 nitrogen and oxygen atoms in total. The van der Waals surface area contributed by atoms with Gasteiger partial charge in [-0.05, 0) is 55.8 Å². The summed E-state index contributed by atoms with van der Waals surface area (Å²) >= 11 is 0. The Bertz CT molecular complexity index is 944. The molecule has 0 unspecified atom stereocenters. The minimum atomic E-state index is -0.336. The number of H-pyrrole nitrogens is 1. The van der Waals surface area contributed by atoms with E-state index >= 15 is 0 Å². The molecule has 1 N–H and O–H groups in total. The van der Waals surface area contributed by atoms with Crippen LogP contribution in [0.4, 0.5) is 10.1 Å². The Morgan fingerprint density at radius 2 is 1.92 bits per heavy atom. The van der Waals surface area contributed by atoms with Crippen molar-refractivity contribution < 1.29 is 4.39 Å². The number of fused-ring (bicyclic) bond motifs is 1. The van der Waals surface area contributed by atoms with Crippen molar-refractivity contribution in [3.8, 4) is 6.07 Å². The van der Waals surface area contributed by atoms with E-state index in [1.807, 2.05) is 24.3 Å². The maximum atomic E-state index is 13.3. The largest absolute Gasteiger partial charge is 0.372 e. The van der Waals surface area contributed by atoms with Gasteiger partial charge in [-0.25, -0.2) is 9.37 Å². The average Bonchev–Trinajstić information content (AvgIpc) is 3.04. The number of rotatable bonds is 5. The molecule has 0 bridgehead atoms. The molecule has 0 aliphatic carbocycles. The predicted octanol–water partition coefficient (Wildman–Crippen LogP) is 4.61. The molecule has 1 aromatic heterocycles. The fourth-order valence-electron chi connectivity index (χ4n) is 2.80. The van der Waals surface area contributed by atoms with E-state index in [9.17, 15) is 9.65 Å². The van der Waals surface area contributed by atoms with Gasteiger partial charge in [0.15, 0.2) is 0 Å². The molecular weight excluding hydrogens is 315 g/mol. The van der Waals surface area contributed by atoms with E-state index in [1.165, 1.54) is 12.1 Å². The van der Waals surface area contributed by atoms with E-state index < -0.39 is 0 Å². The number of imidazole rings is 1. The molecule has 1 heterocycles. The molecule has 3 aromatic rings. The zero-order valence-electron chi connectivity index (χ0n) is 14.3. The maximum Gasteiger partial charge on any atom is 0.149 e. The molecule has 126 valence electrons. The Labute approximate surface area is 146 Å². The van der Waals surface area contributed by atoms with E-state index in [1.54, 1.807) is 12.1 Å².